The average molecular weight is 416 g/mol. The molecule has 1 heterocycles. The first-order chi connectivity index (χ1) is 13.8. The maximum atomic E-state index is 12.6. The Morgan fingerprint density at radius 3 is 2.52 bits per heavy atom. The molecule has 0 spiro atoms. The summed E-state index contributed by atoms with van der Waals surface area (Å²) in [4.78, 5) is 24.5. The van der Waals surface area contributed by atoms with Gasteiger partial charge in [0.25, 0.3) is 5.91 Å². The Bertz CT molecular complexity index is 1030. The van der Waals surface area contributed by atoms with Crippen LogP contribution in [0.15, 0.2) is 47.4 Å². The molecule has 0 radical (unpaired) electrons. The molecule has 1 N–H and O–H groups in total. The highest BCUT2D eigenvalue weighted by atomic mass is 32.2. The van der Waals surface area contributed by atoms with E-state index in [1.807, 2.05) is 19.1 Å². The van der Waals surface area contributed by atoms with Gasteiger partial charge in [-0.25, -0.2) is 13.2 Å². The lowest BCUT2D eigenvalue weighted by Gasteiger charge is -2.16. The molecule has 0 aromatic heterocycles. The molecule has 0 atom stereocenters. The van der Waals surface area contributed by atoms with Gasteiger partial charge in [-0.15, -0.1) is 0 Å². The summed E-state index contributed by atoms with van der Waals surface area (Å²) in [5.74, 6) is -1.12. The van der Waals surface area contributed by atoms with Crippen LogP contribution in [-0.2, 0) is 19.6 Å². The summed E-state index contributed by atoms with van der Waals surface area (Å²) < 4.78 is 31.8. The Hall–Kier alpha value is -2.71. The third kappa shape index (κ3) is 5.02. The number of carbonyl (C=O) groups excluding carboxylic acids is 2. The zero-order valence-electron chi connectivity index (χ0n) is 16.5. The average Bonchev–Trinajstić information content (AvgIpc) is 3.24. The SMILES string of the molecule is Cc1ccc(C)c(C(=O)OCC(=O)Nc2cccc(S(=O)(=O)N3CCCC3)c2)c1. The number of nitrogens with zero attached hydrogens (tertiary/aromatic N) is 1. The molecular formula is C21H24N2O5S. The molecule has 0 unspecified atom stereocenters. The van der Waals surface area contributed by atoms with Crippen molar-refractivity contribution in [3.05, 3.63) is 59.2 Å². The van der Waals surface area contributed by atoms with E-state index in [4.69, 9.17) is 4.74 Å². The van der Waals surface area contributed by atoms with E-state index >= 15 is 0 Å². The molecule has 7 nitrogen and oxygen atoms in total. The fourth-order valence-corrected chi connectivity index (χ4v) is 4.74. The molecule has 8 heteroatoms. The molecule has 154 valence electrons. The van der Waals surface area contributed by atoms with Gasteiger partial charge in [-0.3, -0.25) is 4.79 Å². The van der Waals surface area contributed by atoms with Crippen LogP contribution in [0, 0.1) is 13.8 Å². The van der Waals surface area contributed by atoms with Crippen LogP contribution in [-0.4, -0.2) is 44.3 Å². The highest BCUT2D eigenvalue weighted by Crippen LogP contribution is 2.23. The molecule has 2 aromatic rings. The fraction of sp³-hybridized carbons (Fsp3) is 0.333. The molecule has 0 bridgehead atoms. The topological polar surface area (TPSA) is 92.8 Å². The van der Waals surface area contributed by atoms with Crippen molar-refractivity contribution in [2.24, 2.45) is 0 Å². The van der Waals surface area contributed by atoms with E-state index in [0.717, 1.165) is 24.0 Å². The molecule has 29 heavy (non-hydrogen) atoms. The van der Waals surface area contributed by atoms with Gasteiger partial charge >= 0.3 is 5.97 Å². The number of rotatable bonds is 6. The summed E-state index contributed by atoms with van der Waals surface area (Å²) in [5.41, 5.74) is 2.43. The monoisotopic (exact) mass is 416 g/mol. The normalized spacial score (nSPS) is 14.6. The Balaban J connectivity index is 1.62. The predicted molar refractivity (Wildman–Crippen MR) is 109 cm³/mol. The van der Waals surface area contributed by atoms with Crippen LogP contribution >= 0.6 is 0 Å². The number of carbonyl (C=O) groups is 2. The molecule has 1 fully saturated rings. The van der Waals surface area contributed by atoms with Crippen molar-refractivity contribution in [3.8, 4) is 0 Å². The second-order valence-corrected chi connectivity index (χ2v) is 9.02. The predicted octanol–water partition coefficient (Wildman–Crippen LogP) is 2.88. The minimum Gasteiger partial charge on any atom is -0.452 e. The first-order valence-electron chi connectivity index (χ1n) is 9.42. The number of hydrogen-bond donors (Lipinski definition) is 1. The van der Waals surface area contributed by atoms with Gasteiger partial charge in [0, 0.05) is 18.8 Å². The van der Waals surface area contributed by atoms with Crippen molar-refractivity contribution in [3.63, 3.8) is 0 Å². The van der Waals surface area contributed by atoms with E-state index in [0.29, 0.717) is 24.3 Å². The van der Waals surface area contributed by atoms with E-state index in [1.54, 1.807) is 25.1 Å². The van der Waals surface area contributed by atoms with Crippen molar-refractivity contribution >= 4 is 27.6 Å². The van der Waals surface area contributed by atoms with E-state index in [-0.39, 0.29) is 4.90 Å². The molecule has 3 rings (SSSR count). The van der Waals surface area contributed by atoms with Gasteiger partial charge in [-0.2, -0.15) is 4.31 Å². The van der Waals surface area contributed by atoms with Crippen molar-refractivity contribution in [1.29, 1.82) is 0 Å². The summed E-state index contributed by atoms with van der Waals surface area (Å²) in [6, 6.07) is 11.5. The molecule has 1 aliphatic rings. The first-order valence-corrected chi connectivity index (χ1v) is 10.9. The van der Waals surface area contributed by atoms with Gasteiger partial charge in [0.2, 0.25) is 10.0 Å². The highest BCUT2D eigenvalue weighted by Gasteiger charge is 2.27. The second kappa shape index (κ2) is 8.75. The Morgan fingerprint density at radius 2 is 1.79 bits per heavy atom. The number of anilines is 1. The Kier molecular flexibility index (Phi) is 6.34. The van der Waals surface area contributed by atoms with Gasteiger partial charge in [0.1, 0.15) is 0 Å². The quantitative estimate of drug-likeness (QED) is 0.731. The van der Waals surface area contributed by atoms with Crippen molar-refractivity contribution in [1.82, 2.24) is 4.31 Å². The van der Waals surface area contributed by atoms with Crippen LogP contribution < -0.4 is 5.32 Å². The highest BCUT2D eigenvalue weighted by molar-refractivity contribution is 7.89. The van der Waals surface area contributed by atoms with E-state index < -0.39 is 28.5 Å². The van der Waals surface area contributed by atoms with E-state index in [9.17, 15) is 18.0 Å². The number of hydrogen-bond acceptors (Lipinski definition) is 5. The maximum absolute atomic E-state index is 12.6. The lowest BCUT2D eigenvalue weighted by atomic mass is 10.1. The zero-order valence-corrected chi connectivity index (χ0v) is 17.3. The lowest BCUT2D eigenvalue weighted by molar-refractivity contribution is -0.119. The van der Waals surface area contributed by atoms with Gasteiger partial charge < -0.3 is 10.1 Å². The fourth-order valence-electron chi connectivity index (χ4n) is 3.17. The minimum atomic E-state index is -3.57. The third-order valence-corrected chi connectivity index (χ3v) is 6.66. The Morgan fingerprint density at radius 1 is 1.07 bits per heavy atom. The Labute approximate surface area is 170 Å². The van der Waals surface area contributed by atoms with Gasteiger partial charge in [-0.1, -0.05) is 23.8 Å². The number of ether oxygens (including phenoxy) is 1. The number of sulfonamides is 1. The minimum absolute atomic E-state index is 0.129. The smallest absolute Gasteiger partial charge is 0.338 e. The summed E-state index contributed by atoms with van der Waals surface area (Å²) in [6.45, 7) is 4.21. The molecule has 1 amide bonds. The summed E-state index contributed by atoms with van der Waals surface area (Å²) in [7, 11) is -3.57. The van der Waals surface area contributed by atoms with Crippen molar-refractivity contribution in [2.45, 2.75) is 31.6 Å². The number of aryl methyl sites for hydroxylation is 2. The van der Waals surface area contributed by atoms with Crippen LogP contribution in [0.3, 0.4) is 0 Å². The standard InChI is InChI=1S/C21H24N2O5S/c1-15-8-9-16(2)19(12-15)21(25)28-14-20(24)22-17-6-5-7-18(13-17)29(26,27)23-10-3-4-11-23/h5-9,12-13H,3-4,10-11,14H2,1-2H3,(H,22,24). The maximum Gasteiger partial charge on any atom is 0.338 e. The van der Waals surface area contributed by atoms with Crippen LogP contribution in [0.4, 0.5) is 5.69 Å². The van der Waals surface area contributed by atoms with Crippen molar-refractivity contribution in [2.75, 3.05) is 25.0 Å². The summed E-state index contributed by atoms with van der Waals surface area (Å²) in [6.07, 6.45) is 1.70. The largest absolute Gasteiger partial charge is 0.452 e. The van der Waals surface area contributed by atoms with E-state index in [2.05, 4.69) is 5.32 Å². The molecule has 0 aliphatic carbocycles. The van der Waals surface area contributed by atoms with Crippen LogP contribution in [0.2, 0.25) is 0 Å². The molecule has 0 saturated carbocycles. The van der Waals surface area contributed by atoms with Gasteiger partial charge in [0.05, 0.1) is 10.5 Å². The number of esters is 1. The lowest BCUT2D eigenvalue weighted by Crippen LogP contribution is -2.28. The van der Waals surface area contributed by atoms with E-state index in [1.165, 1.54) is 16.4 Å². The number of nitrogens with one attached hydrogen (secondary N) is 1. The summed E-state index contributed by atoms with van der Waals surface area (Å²) in [5, 5.41) is 2.58. The molecule has 2 aromatic carbocycles. The summed E-state index contributed by atoms with van der Waals surface area (Å²) >= 11 is 0. The second-order valence-electron chi connectivity index (χ2n) is 7.08. The van der Waals surface area contributed by atoms with Crippen LogP contribution in [0.25, 0.3) is 0 Å². The van der Waals surface area contributed by atoms with Gasteiger partial charge in [-0.05, 0) is 56.5 Å². The van der Waals surface area contributed by atoms with Crippen molar-refractivity contribution < 1.29 is 22.7 Å². The molecule has 1 aliphatic heterocycles. The van der Waals surface area contributed by atoms with Crippen LogP contribution in [0.1, 0.15) is 34.3 Å². The zero-order chi connectivity index (χ0) is 21.0. The molecule has 1 saturated heterocycles. The third-order valence-electron chi connectivity index (χ3n) is 4.77. The number of benzene rings is 2. The molecular weight excluding hydrogens is 392 g/mol. The van der Waals surface area contributed by atoms with Gasteiger partial charge in [0.15, 0.2) is 6.61 Å². The first kappa shape index (κ1) is 21.0. The number of amides is 1. The van der Waals surface area contributed by atoms with Crippen LogP contribution in [0.5, 0.6) is 0 Å².